The molecule has 0 bridgehead atoms. The van der Waals surface area contributed by atoms with E-state index in [1.165, 1.54) is 4.90 Å². The van der Waals surface area contributed by atoms with Crippen LogP contribution in [0.2, 0.25) is 0 Å². The lowest BCUT2D eigenvalue weighted by molar-refractivity contribution is 0.0642. The number of imide groups is 1. The highest BCUT2D eigenvalue weighted by molar-refractivity contribution is 7.21. The number of hydrogen-bond acceptors (Lipinski definition) is 4. The van der Waals surface area contributed by atoms with E-state index in [0.29, 0.717) is 11.1 Å². The first kappa shape index (κ1) is 15.9. The van der Waals surface area contributed by atoms with Crippen LogP contribution in [0, 0.1) is 0 Å². The molecule has 4 aromatic rings. The molecule has 0 unspecified atom stereocenters. The molecule has 27 heavy (non-hydrogen) atoms. The zero-order chi connectivity index (χ0) is 18.4. The highest BCUT2D eigenvalue weighted by Crippen LogP contribution is 2.33. The van der Waals surface area contributed by atoms with Crippen molar-refractivity contribution in [2.75, 3.05) is 0 Å². The van der Waals surface area contributed by atoms with Crippen LogP contribution in [0.3, 0.4) is 0 Å². The zero-order valence-electron chi connectivity index (χ0n) is 14.3. The second-order valence-corrected chi connectivity index (χ2v) is 7.46. The predicted molar refractivity (Wildman–Crippen MR) is 106 cm³/mol. The lowest BCUT2D eigenvalue weighted by Crippen LogP contribution is -2.29. The highest BCUT2D eigenvalue weighted by Gasteiger charge is 2.35. The molecule has 0 aliphatic carbocycles. The van der Waals surface area contributed by atoms with Crippen LogP contribution in [0.5, 0.6) is 0 Å². The van der Waals surface area contributed by atoms with Gasteiger partial charge in [0.05, 0.1) is 27.9 Å². The molecule has 5 heteroatoms. The van der Waals surface area contributed by atoms with Gasteiger partial charge in [0.15, 0.2) is 0 Å². The molecule has 0 spiro atoms. The number of carbonyl (C=O) groups is 2. The third-order valence-electron chi connectivity index (χ3n) is 4.70. The molecule has 0 saturated carbocycles. The van der Waals surface area contributed by atoms with Gasteiger partial charge >= 0.3 is 0 Å². The molecule has 0 atom stereocenters. The smallest absolute Gasteiger partial charge is 0.261 e. The molecule has 130 valence electrons. The molecule has 0 saturated heterocycles. The van der Waals surface area contributed by atoms with Crippen LogP contribution in [0.25, 0.3) is 20.8 Å². The van der Waals surface area contributed by atoms with Gasteiger partial charge in [0.2, 0.25) is 0 Å². The van der Waals surface area contributed by atoms with E-state index in [1.807, 2.05) is 60.7 Å². The van der Waals surface area contributed by atoms with Crippen molar-refractivity contribution in [2.45, 2.75) is 6.54 Å². The second-order valence-electron chi connectivity index (χ2n) is 6.43. The van der Waals surface area contributed by atoms with Gasteiger partial charge in [-0.15, -0.1) is 11.3 Å². The molecular formula is C22H14N2O2S. The Morgan fingerprint density at radius 1 is 0.815 bits per heavy atom. The quantitative estimate of drug-likeness (QED) is 0.489. The van der Waals surface area contributed by atoms with Crippen LogP contribution >= 0.6 is 11.3 Å². The van der Waals surface area contributed by atoms with Crippen LogP contribution in [0.15, 0.2) is 72.8 Å². The summed E-state index contributed by atoms with van der Waals surface area (Å²) in [6.07, 6.45) is 0. The minimum absolute atomic E-state index is 0.241. The maximum absolute atomic E-state index is 12.9. The Morgan fingerprint density at radius 3 is 2.37 bits per heavy atom. The number of nitrogens with zero attached hydrogens (tertiary/aromatic N) is 2. The van der Waals surface area contributed by atoms with Gasteiger partial charge in [-0.2, -0.15) is 0 Å². The fraction of sp³-hybridized carbons (Fsp3) is 0.0455. The predicted octanol–water partition coefficient (Wildman–Crippen LogP) is 4.76. The number of benzene rings is 3. The summed E-state index contributed by atoms with van der Waals surface area (Å²) in [4.78, 5) is 31.5. The van der Waals surface area contributed by atoms with Gasteiger partial charge in [-0.05, 0) is 29.8 Å². The summed E-state index contributed by atoms with van der Waals surface area (Å²) in [6.45, 7) is 0.281. The van der Waals surface area contributed by atoms with Gasteiger partial charge in [-0.25, -0.2) is 4.98 Å². The first-order valence-electron chi connectivity index (χ1n) is 8.61. The topological polar surface area (TPSA) is 50.3 Å². The maximum Gasteiger partial charge on any atom is 0.261 e. The lowest BCUT2D eigenvalue weighted by Gasteiger charge is -2.13. The van der Waals surface area contributed by atoms with Crippen molar-refractivity contribution in [3.05, 3.63) is 89.5 Å². The molecule has 2 amide bonds. The number of para-hydroxylation sites is 1. The Balaban J connectivity index is 1.51. The Hall–Kier alpha value is -3.31. The maximum atomic E-state index is 12.9. The number of thiazole rings is 1. The highest BCUT2D eigenvalue weighted by atomic mass is 32.1. The SMILES string of the molecule is O=C1c2ccc(-c3nc4ccccc4s3)cc2C(=O)N1Cc1ccccc1. The molecule has 1 aromatic heterocycles. The summed E-state index contributed by atoms with van der Waals surface area (Å²) in [5, 5.41) is 0.848. The van der Waals surface area contributed by atoms with Crippen molar-refractivity contribution < 1.29 is 9.59 Å². The van der Waals surface area contributed by atoms with Gasteiger partial charge in [-0.3, -0.25) is 14.5 Å². The van der Waals surface area contributed by atoms with Gasteiger partial charge in [0.25, 0.3) is 11.8 Å². The van der Waals surface area contributed by atoms with Gasteiger partial charge in [0.1, 0.15) is 5.01 Å². The van der Waals surface area contributed by atoms with E-state index in [4.69, 9.17) is 0 Å². The summed E-state index contributed by atoms with van der Waals surface area (Å²) in [5.41, 5.74) is 3.63. The number of amides is 2. The molecular weight excluding hydrogens is 356 g/mol. The van der Waals surface area contributed by atoms with Gasteiger partial charge in [0, 0.05) is 5.56 Å². The first-order chi connectivity index (χ1) is 13.2. The molecule has 1 aliphatic rings. The minimum Gasteiger partial charge on any atom is -0.270 e. The summed E-state index contributed by atoms with van der Waals surface area (Å²) < 4.78 is 1.10. The Bertz CT molecular complexity index is 1160. The van der Waals surface area contributed by atoms with Crippen LogP contribution in [-0.4, -0.2) is 21.7 Å². The van der Waals surface area contributed by atoms with E-state index in [-0.39, 0.29) is 18.4 Å². The average molecular weight is 370 g/mol. The van der Waals surface area contributed by atoms with E-state index >= 15 is 0 Å². The van der Waals surface area contributed by atoms with Crippen LogP contribution in [-0.2, 0) is 6.54 Å². The summed E-state index contributed by atoms with van der Waals surface area (Å²) in [5.74, 6) is -0.489. The van der Waals surface area contributed by atoms with Crippen molar-refractivity contribution in [1.29, 1.82) is 0 Å². The van der Waals surface area contributed by atoms with Crippen molar-refractivity contribution in [3.8, 4) is 10.6 Å². The molecule has 0 N–H and O–H groups in total. The first-order valence-corrected chi connectivity index (χ1v) is 9.42. The molecule has 3 aromatic carbocycles. The number of fused-ring (bicyclic) bond motifs is 2. The molecule has 5 rings (SSSR count). The molecule has 0 radical (unpaired) electrons. The summed E-state index contributed by atoms with van der Waals surface area (Å²) >= 11 is 1.58. The van der Waals surface area contributed by atoms with Crippen LogP contribution < -0.4 is 0 Å². The van der Waals surface area contributed by atoms with Gasteiger partial charge < -0.3 is 0 Å². The second kappa shape index (κ2) is 6.14. The number of carbonyl (C=O) groups excluding carboxylic acids is 2. The standard InChI is InChI=1S/C22H14N2O2S/c25-21-16-11-10-15(20-23-18-8-4-5-9-19(18)27-20)12-17(16)22(26)24(21)13-14-6-2-1-3-7-14/h1-12H,13H2. The summed E-state index contributed by atoms with van der Waals surface area (Å²) in [7, 11) is 0. The van der Waals surface area contributed by atoms with Crippen molar-refractivity contribution >= 4 is 33.4 Å². The van der Waals surface area contributed by atoms with E-state index in [9.17, 15) is 9.59 Å². The van der Waals surface area contributed by atoms with Gasteiger partial charge in [-0.1, -0.05) is 48.5 Å². The summed E-state index contributed by atoms with van der Waals surface area (Å²) in [6, 6.07) is 22.9. The number of rotatable bonds is 3. The third-order valence-corrected chi connectivity index (χ3v) is 5.78. The molecule has 2 heterocycles. The van der Waals surface area contributed by atoms with E-state index < -0.39 is 0 Å². The Morgan fingerprint density at radius 2 is 1.56 bits per heavy atom. The fourth-order valence-electron chi connectivity index (χ4n) is 3.33. The normalized spacial score (nSPS) is 13.4. The monoisotopic (exact) mass is 370 g/mol. The molecule has 4 nitrogen and oxygen atoms in total. The fourth-order valence-corrected chi connectivity index (χ4v) is 4.29. The van der Waals surface area contributed by atoms with E-state index in [0.717, 1.165) is 26.4 Å². The minimum atomic E-state index is -0.248. The Kier molecular flexibility index (Phi) is 3.62. The van der Waals surface area contributed by atoms with E-state index in [1.54, 1.807) is 23.5 Å². The number of hydrogen-bond donors (Lipinski definition) is 0. The molecule has 1 aliphatic heterocycles. The van der Waals surface area contributed by atoms with Crippen molar-refractivity contribution in [2.24, 2.45) is 0 Å². The Labute approximate surface area is 159 Å². The van der Waals surface area contributed by atoms with E-state index in [2.05, 4.69) is 4.98 Å². The van der Waals surface area contributed by atoms with Crippen molar-refractivity contribution in [1.82, 2.24) is 9.88 Å². The number of aromatic nitrogens is 1. The molecule has 0 fully saturated rings. The zero-order valence-corrected chi connectivity index (χ0v) is 15.1. The third kappa shape index (κ3) is 2.64. The van der Waals surface area contributed by atoms with Crippen LogP contribution in [0.1, 0.15) is 26.3 Å². The van der Waals surface area contributed by atoms with Crippen molar-refractivity contribution in [3.63, 3.8) is 0 Å². The average Bonchev–Trinajstić information content (AvgIpc) is 3.24. The van der Waals surface area contributed by atoms with Crippen LogP contribution in [0.4, 0.5) is 0 Å². The largest absolute Gasteiger partial charge is 0.270 e. The lowest BCUT2D eigenvalue weighted by atomic mass is 10.1.